The number of benzene rings is 2. The topological polar surface area (TPSA) is 70.6 Å². The molecule has 0 bridgehead atoms. The molecule has 5 nitrogen and oxygen atoms in total. The number of halogens is 1. The van der Waals surface area contributed by atoms with Crippen LogP contribution in [0.1, 0.15) is 23.6 Å². The van der Waals surface area contributed by atoms with Crippen LogP contribution in [0.25, 0.3) is 0 Å². The van der Waals surface area contributed by atoms with Gasteiger partial charge in [0.25, 0.3) is 0 Å². The van der Waals surface area contributed by atoms with Gasteiger partial charge in [0, 0.05) is 5.69 Å². The number of rotatable bonds is 3. The molecule has 0 fully saturated rings. The van der Waals surface area contributed by atoms with Gasteiger partial charge in [-0.1, -0.05) is 29.8 Å². The lowest BCUT2D eigenvalue weighted by Crippen LogP contribution is -2.33. The zero-order chi connectivity index (χ0) is 17.7. The first-order chi connectivity index (χ1) is 11.4. The zero-order valence-corrected chi connectivity index (χ0v) is 13.7. The summed E-state index contributed by atoms with van der Waals surface area (Å²) in [5.74, 6) is -2.04. The quantitative estimate of drug-likeness (QED) is 0.517. The second kappa shape index (κ2) is 7.50. The van der Waals surface area contributed by atoms with Gasteiger partial charge in [-0.05, 0) is 50.1 Å². The molecule has 0 aromatic heterocycles. The molecule has 124 valence electrons. The number of amides is 2. The fraction of sp³-hybridized carbons (Fsp3) is 0.167. The standard InChI is InChI=1S/C18H18FN3O2/c1-11-4-9-16(12(2)10-11)20-17(23)18(24)22-21-13(3)14-5-7-15(19)8-6-14/h4-10H,1-3H3,(H,20,23)(H,22,24)/b21-13+. The minimum absolute atomic E-state index is 0.358. The third-order valence-electron chi connectivity index (χ3n) is 3.42. The normalized spacial score (nSPS) is 11.1. The van der Waals surface area contributed by atoms with Crippen LogP contribution >= 0.6 is 0 Å². The lowest BCUT2D eigenvalue weighted by atomic mass is 10.1. The molecule has 0 aliphatic carbocycles. The monoisotopic (exact) mass is 327 g/mol. The number of anilines is 1. The number of nitrogens with one attached hydrogen (secondary N) is 2. The third kappa shape index (κ3) is 4.49. The highest BCUT2D eigenvalue weighted by molar-refractivity contribution is 6.39. The summed E-state index contributed by atoms with van der Waals surface area (Å²) in [6.45, 7) is 5.44. The molecule has 0 heterocycles. The van der Waals surface area contributed by atoms with Gasteiger partial charge in [0.15, 0.2) is 0 Å². The molecule has 0 aliphatic rings. The molecule has 0 unspecified atom stereocenters. The Morgan fingerprint density at radius 3 is 2.29 bits per heavy atom. The molecular formula is C18H18FN3O2. The van der Waals surface area contributed by atoms with E-state index in [9.17, 15) is 14.0 Å². The van der Waals surface area contributed by atoms with Crippen LogP contribution in [0.5, 0.6) is 0 Å². The van der Waals surface area contributed by atoms with E-state index < -0.39 is 11.8 Å². The maximum absolute atomic E-state index is 12.9. The van der Waals surface area contributed by atoms with Gasteiger partial charge in [-0.3, -0.25) is 9.59 Å². The zero-order valence-electron chi connectivity index (χ0n) is 13.7. The van der Waals surface area contributed by atoms with Crippen molar-refractivity contribution in [2.24, 2.45) is 5.10 Å². The van der Waals surface area contributed by atoms with Crippen molar-refractivity contribution < 1.29 is 14.0 Å². The smallest absolute Gasteiger partial charge is 0.317 e. The third-order valence-corrected chi connectivity index (χ3v) is 3.42. The second-order valence-electron chi connectivity index (χ2n) is 5.42. The summed E-state index contributed by atoms with van der Waals surface area (Å²) in [4.78, 5) is 23.7. The minimum atomic E-state index is -0.878. The Balaban J connectivity index is 1.99. The summed E-state index contributed by atoms with van der Waals surface area (Å²) < 4.78 is 12.9. The van der Waals surface area contributed by atoms with Gasteiger partial charge in [0.2, 0.25) is 0 Å². The van der Waals surface area contributed by atoms with Crippen molar-refractivity contribution in [3.8, 4) is 0 Å². The summed E-state index contributed by atoms with van der Waals surface area (Å²) in [7, 11) is 0. The number of hydrogen-bond donors (Lipinski definition) is 2. The average molecular weight is 327 g/mol. The van der Waals surface area contributed by atoms with E-state index in [2.05, 4.69) is 15.8 Å². The van der Waals surface area contributed by atoms with E-state index in [1.165, 1.54) is 24.3 Å². The number of aryl methyl sites for hydroxylation is 2. The predicted molar refractivity (Wildman–Crippen MR) is 91.3 cm³/mol. The van der Waals surface area contributed by atoms with Crippen molar-refractivity contribution in [2.45, 2.75) is 20.8 Å². The lowest BCUT2D eigenvalue weighted by molar-refractivity contribution is -0.136. The number of hydrogen-bond acceptors (Lipinski definition) is 3. The van der Waals surface area contributed by atoms with Gasteiger partial charge in [-0.15, -0.1) is 0 Å². The molecule has 2 rings (SSSR count). The Morgan fingerprint density at radius 2 is 1.67 bits per heavy atom. The summed E-state index contributed by atoms with van der Waals surface area (Å²) in [6.07, 6.45) is 0. The van der Waals surface area contributed by atoms with Gasteiger partial charge < -0.3 is 5.32 Å². The molecule has 0 atom stereocenters. The van der Waals surface area contributed by atoms with Crippen molar-refractivity contribution in [3.05, 3.63) is 65.0 Å². The molecule has 0 saturated heterocycles. The Bertz CT molecular complexity index is 798. The van der Waals surface area contributed by atoms with Crippen LogP contribution < -0.4 is 10.7 Å². The highest BCUT2D eigenvalue weighted by Crippen LogP contribution is 2.15. The SMILES string of the molecule is C/C(=N\NC(=O)C(=O)Nc1ccc(C)cc1C)c1ccc(F)cc1. The largest absolute Gasteiger partial charge is 0.329 e. The Hall–Kier alpha value is -3.02. The van der Waals surface area contributed by atoms with Gasteiger partial charge in [-0.25, -0.2) is 9.82 Å². The molecule has 0 radical (unpaired) electrons. The molecule has 0 aliphatic heterocycles. The van der Waals surface area contributed by atoms with Crippen LogP contribution in [0.4, 0.5) is 10.1 Å². The molecule has 2 aromatic rings. The van der Waals surface area contributed by atoms with E-state index in [-0.39, 0.29) is 5.82 Å². The van der Waals surface area contributed by atoms with Crippen LogP contribution in [0.3, 0.4) is 0 Å². The van der Waals surface area contributed by atoms with E-state index in [4.69, 9.17) is 0 Å². The minimum Gasteiger partial charge on any atom is -0.317 e. The number of nitrogens with zero attached hydrogens (tertiary/aromatic N) is 1. The van der Waals surface area contributed by atoms with E-state index in [1.807, 2.05) is 26.0 Å². The fourth-order valence-corrected chi connectivity index (χ4v) is 2.07. The Morgan fingerprint density at radius 1 is 1.00 bits per heavy atom. The molecule has 2 aromatic carbocycles. The average Bonchev–Trinajstić information content (AvgIpc) is 2.55. The lowest BCUT2D eigenvalue weighted by Gasteiger charge is -2.08. The highest BCUT2D eigenvalue weighted by Gasteiger charge is 2.14. The number of carbonyl (C=O) groups excluding carboxylic acids is 2. The van der Waals surface area contributed by atoms with E-state index >= 15 is 0 Å². The molecule has 6 heteroatoms. The van der Waals surface area contributed by atoms with E-state index in [1.54, 1.807) is 13.0 Å². The van der Waals surface area contributed by atoms with Crippen LogP contribution in [0.15, 0.2) is 47.6 Å². The Labute approximate surface area is 139 Å². The second-order valence-corrected chi connectivity index (χ2v) is 5.42. The fourth-order valence-electron chi connectivity index (χ4n) is 2.07. The van der Waals surface area contributed by atoms with Crippen molar-refractivity contribution in [1.82, 2.24) is 5.43 Å². The maximum atomic E-state index is 12.9. The first kappa shape index (κ1) is 17.3. The molecular weight excluding hydrogens is 309 g/mol. The van der Waals surface area contributed by atoms with Crippen molar-refractivity contribution in [2.75, 3.05) is 5.32 Å². The van der Waals surface area contributed by atoms with Crippen LogP contribution in [-0.4, -0.2) is 17.5 Å². The van der Waals surface area contributed by atoms with Crippen molar-refractivity contribution in [1.29, 1.82) is 0 Å². The van der Waals surface area contributed by atoms with Gasteiger partial charge >= 0.3 is 11.8 Å². The molecule has 2 N–H and O–H groups in total. The first-order valence-corrected chi connectivity index (χ1v) is 7.35. The van der Waals surface area contributed by atoms with Crippen LogP contribution in [0.2, 0.25) is 0 Å². The van der Waals surface area contributed by atoms with E-state index in [0.717, 1.165) is 11.1 Å². The number of hydrazone groups is 1. The van der Waals surface area contributed by atoms with E-state index in [0.29, 0.717) is 17.0 Å². The predicted octanol–water partition coefficient (Wildman–Crippen LogP) is 2.92. The van der Waals surface area contributed by atoms with Gasteiger partial charge in [0.05, 0.1) is 5.71 Å². The Kier molecular flexibility index (Phi) is 5.42. The van der Waals surface area contributed by atoms with Crippen LogP contribution in [0, 0.1) is 19.7 Å². The van der Waals surface area contributed by atoms with Gasteiger partial charge in [-0.2, -0.15) is 5.10 Å². The molecule has 0 saturated carbocycles. The summed E-state index contributed by atoms with van der Waals surface area (Å²) in [5.41, 5.74) is 5.79. The maximum Gasteiger partial charge on any atom is 0.329 e. The first-order valence-electron chi connectivity index (χ1n) is 7.35. The summed E-state index contributed by atoms with van der Waals surface area (Å²) in [6, 6.07) is 11.2. The summed E-state index contributed by atoms with van der Waals surface area (Å²) in [5, 5.41) is 6.40. The number of carbonyl (C=O) groups is 2. The summed E-state index contributed by atoms with van der Waals surface area (Å²) >= 11 is 0. The van der Waals surface area contributed by atoms with Crippen molar-refractivity contribution in [3.63, 3.8) is 0 Å². The van der Waals surface area contributed by atoms with Gasteiger partial charge in [0.1, 0.15) is 5.82 Å². The molecule has 24 heavy (non-hydrogen) atoms. The van der Waals surface area contributed by atoms with Crippen LogP contribution in [-0.2, 0) is 9.59 Å². The highest BCUT2D eigenvalue weighted by atomic mass is 19.1. The molecule has 0 spiro atoms. The molecule has 2 amide bonds. The van der Waals surface area contributed by atoms with Crippen molar-refractivity contribution >= 4 is 23.2 Å².